The molecule has 2 saturated carbocycles. The number of hydrogen-bond donors (Lipinski definition) is 2. The van der Waals surface area contributed by atoms with E-state index < -0.39 is 29.0 Å². The Kier molecular flexibility index (Phi) is 7.82. The molecule has 3 nitrogen and oxygen atoms in total. The van der Waals surface area contributed by atoms with Crippen LogP contribution in [-0.2, 0) is 4.79 Å². The zero-order valence-electron chi connectivity index (χ0n) is 19.7. The van der Waals surface area contributed by atoms with Gasteiger partial charge in [-0.3, -0.25) is 4.79 Å². The maximum atomic E-state index is 13.1. The summed E-state index contributed by atoms with van der Waals surface area (Å²) >= 11 is 0. The molecule has 0 aromatic rings. The summed E-state index contributed by atoms with van der Waals surface area (Å²) in [4.78, 5) is 12.5. The number of halogens is 6. The van der Waals surface area contributed by atoms with Crippen LogP contribution in [0.4, 0.5) is 26.3 Å². The SMILES string of the molecule is CC(C)(O)CCC[C@](C)(CC=CC(O)(C(F)(F)F)C(F)(F)F)C1CCC2C(=O)CCC[C@@]21C. The molecule has 0 bridgehead atoms. The Morgan fingerprint density at radius 1 is 1.00 bits per heavy atom. The van der Waals surface area contributed by atoms with Crippen molar-refractivity contribution in [1.29, 1.82) is 0 Å². The Morgan fingerprint density at radius 2 is 1.58 bits per heavy atom. The maximum absolute atomic E-state index is 13.1. The number of alkyl halides is 6. The van der Waals surface area contributed by atoms with Gasteiger partial charge in [-0.05, 0) is 81.6 Å². The van der Waals surface area contributed by atoms with Gasteiger partial charge >= 0.3 is 12.4 Å². The lowest BCUT2D eigenvalue weighted by Crippen LogP contribution is -2.55. The van der Waals surface area contributed by atoms with Crippen molar-refractivity contribution in [3.63, 3.8) is 0 Å². The van der Waals surface area contributed by atoms with Gasteiger partial charge in [-0.15, -0.1) is 0 Å². The number of fused-ring (bicyclic) bond motifs is 1. The molecule has 0 aromatic heterocycles. The molecule has 0 spiro atoms. The predicted molar refractivity (Wildman–Crippen MR) is 112 cm³/mol. The van der Waals surface area contributed by atoms with Crippen LogP contribution in [0.2, 0.25) is 0 Å². The normalized spacial score (nSPS) is 29.4. The Morgan fingerprint density at radius 3 is 2.09 bits per heavy atom. The predicted octanol–water partition coefficient (Wildman–Crippen LogP) is 6.52. The van der Waals surface area contributed by atoms with Crippen LogP contribution >= 0.6 is 0 Å². The van der Waals surface area contributed by atoms with Crippen LogP contribution in [-0.4, -0.2) is 39.6 Å². The van der Waals surface area contributed by atoms with Gasteiger partial charge < -0.3 is 10.2 Å². The quantitative estimate of drug-likeness (QED) is 0.303. The first-order valence-electron chi connectivity index (χ1n) is 11.6. The monoisotopic (exact) mass is 486 g/mol. The van der Waals surface area contributed by atoms with Crippen LogP contribution in [0.1, 0.15) is 85.5 Å². The average molecular weight is 487 g/mol. The number of carbonyl (C=O) groups is 1. The Labute approximate surface area is 191 Å². The van der Waals surface area contributed by atoms with E-state index in [1.807, 2.05) is 13.8 Å². The third kappa shape index (κ3) is 5.77. The molecular formula is C24H36F6O3. The summed E-state index contributed by atoms with van der Waals surface area (Å²) in [5, 5.41) is 19.6. The second-order valence-corrected chi connectivity index (χ2v) is 11.2. The third-order valence-corrected chi connectivity index (χ3v) is 8.05. The molecular weight excluding hydrogens is 450 g/mol. The minimum atomic E-state index is -5.90. The van der Waals surface area contributed by atoms with Gasteiger partial charge in [0.2, 0.25) is 0 Å². The first-order valence-corrected chi connectivity index (χ1v) is 11.6. The maximum Gasteiger partial charge on any atom is 0.429 e. The van der Waals surface area contributed by atoms with Crippen LogP contribution in [0.15, 0.2) is 12.2 Å². The third-order valence-electron chi connectivity index (χ3n) is 8.05. The van der Waals surface area contributed by atoms with E-state index in [1.54, 1.807) is 13.8 Å². The molecule has 4 atom stereocenters. The number of aliphatic hydroxyl groups is 2. The van der Waals surface area contributed by atoms with Crippen molar-refractivity contribution in [3.05, 3.63) is 12.2 Å². The standard InChI is InChI=1S/C24H36F6O3/c1-19(2,32)11-6-12-20(3,13-7-15-22(33,23(25,26)27)24(28,29)30)18-10-9-16-17(31)8-5-14-21(16,18)4/h7,15-16,18,32-33H,5-6,8-14H2,1-4H3/t16?,18?,20-,21+/m1/s1. The van der Waals surface area contributed by atoms with E-state index in [2.05, 4.69) is 0 Å². The molecule has 33 heavy (non-hydrogen) atoms. The van der Waals surface area contributed by atoms with Crippen LogP contribution < -0.4 is 0 Å². The molecule has 0 saturated heterocycles. The van der Waals surface area contributed by atoms with Gasteiger partial charge in [-0.2, -0.15) is 26.3 Å². The van der Waals surface area contributed by atoms with Gasteiger partial charge in [0.1, 0.15) is 5.78 Å². The molecule has 2 aliphatic carbocycles. The first kappa shape index (κ1) is 28.1. The zero-order valence-corrected chi connectivity index (χ0v) is 19.7. The number of hydrogen-bond acceptors (Lipinski definition) is 3. The van der Waals surface area contributed by atoms with E-state index in [0.717, 1.165) is 18.9 Å². The molecule has 0 radical (unpaired) electrons. The van der Waals surface area contributed by atoms with Crippen LogP contribution in [0.25, 0.3) is 0 Å². The lowest BCUT2D eigenvalue weighted by molar-refractivity contribution is -0.347. The summed E-state index contributed by atoms with van der Waals surface area (Å²) in [6.07, 6.45) is -6.52. The molecule has 0 heterocycles. The van der Waals surface area contributed by atoms with Crippen LogP contribution in [0.3, 0.4) is 0 Å². The van der Waals surface area contributed by atoms with Crippen molar-refractivity contribution in [1.82, 2.24) is 0 Å². The largest absolute Gasteiger partial charge is 0.429 e. The van der Waals surface area contributed by atoms with Crippen molar-refractivity contribution in [2.24, 2.45) is 22.7 Å². The second kappa shape index (κ2) is 9.17. The van der Waals surface area contributed by atoms with Gasteiger partial charge in [-0.1, -0.05) is 26.3 Å². The second-order valence-electron chi connectivity index (χ2n) is 11.2. The molecule has 192 valence electrons. The molecule has 0 amide bonds. The minimum Gasteiger partial charge on any atom is -0.390 e. The van der Waals surface area contributed by atoms with Gasteiger partial charge in [0.05, 0.1) is 5.60 Å². The van der Waals surface area contributed by atoms with E-state index >= 15 is 0 Å². The molecule has 2 fully saturated rings. The fourth-order valence-electron chi connectivity index (χ4n) is 6.27. The minimum absolute atomic E-state index is 0.0735. The van der Waals surface area contributed by atoms with E-state index in [1.165, 1.54) is 0 Å². The van der Waals surface area contributed by atoms with Gasteiger partial charge in [0.15, 0.2) is 0 Å². The number of Topliss-reactive ketones (excluding diaryl/α,β-unsaturated/α-hetero) is 1. The highest BCUT2D eigenvalue weighted by molar-refractivity contribution is 5.83. The van der Waals surface area contributed by atoms with E-state index in [-0.39, 0.29) is 35.5 Å². The van der Waals surface area contributed by atoms with Gasteiger partial charge in [-0.25, -0.2) is 0 Å². The lowest BCUT2D eigenvalue weighted by atomic mass is 9.56. The van der Waals surface area contributed by atoms with Crippen LogP contribution in [0, 0.1) is 22.7 Å². The summed E-state index contributed by atoms with van der Waals surface area (Å²) in [5.74, 6) is -0.0316. The summed E-state index contributed by atoms with van der Waals surface area (Å²) in [6.45, 7) is 7.15. The summed E-state index contributed by atoms with van der Waals surface area (Å²) in [5.41, 5.74) is -6.93. The fraction of sp³-hybridized carbons (Fsp3) is 0.875. The highest BCUT2D eigenvalue weighted by Gasteiger charge is 2.69. The molecule has 0 aromatic carbocycles. The van der Waals surface area contributed by atoms with Crippen molar-refractivity contribution >= 4 is 5.78 Å². The van der Waals surface area contributed by atoms with Crippen molar-refractivity contribution in [3.8, 4) is 0 Å². The van der Waals surface area contributed by atoms with E-state index in [9.17, 15) is 41.4 Å². The Balaban J connectivity index is 2.36. The lowest BCUT2D eigenvalue weighted by Gasteiger charge is -2.48. The van der Waals surface area contributed by atoms with E-state index in [0.29, 0.717) is 38.5 Å². The van der Waals surface area contributed by atoms with Crippen LogP contribution in [0.5, 0.6) is 0 Å². The number of allylic oxidation sites excluding steroid dienone is 1. The number of ketones is 1. The summed E-state index contributed by atoms with van der Waals surface area (Å²) < 4.78 is 78.6. The van der Waals surface area contributed by atoms with Gasteiger partial charge in [0, 0.05) is 12.3 Å². The van der Waals surface area contributed by atoms with Crippen molar-refractivity contribution in [2.75, 3.05) is 0 Å². The Hall–Kier alpha value is -1.09. The summed E-state index contributed by atoms with van der Waals surface area (Å²) in [6, 6.07) is 0. The highest BCUT2D eigenvalue weighted by atomic mass is 19.4. The fourth-order valence-corrected chi connectivity index (χ4v) is 6.27. The number of rotatable bonds is 8. The zero-order chi connectivity index (χ0) is 25.5. The van der Waals surface area contributed by atoms with Gasteiger partial charge in [0.25, 0.3) is 5.60 Å². The average Bonchev–Trinajstić information content (AvgIpc) is 2.97. The Bertz CT molecular complexity index is 722. The highest BCUT2D eigenvalue weighted by Crippen LogP contribution is 2.61. The molecule has 0 aliphatic heterocycles. The molecule has 2 rings (SSSR count). The molecule has 2 aliphatic rings. The smallest absolute Gasteiger partial charge is 0.390 e. The first-order chi connectivity index (χ1) is 14.8. The molecule has 2 N–H and O–H groups in total. The van der Waals surface area contributed by atoms with Crippen molar-refractivity contribution in [2.45, 2.75) is 109 Å². The molecule has 2 unspecified atom stereocenters. The summed E-state index contributed by atoms with van der Waals surface area (Å²) in [7, 11) is 0. The number of carbonyl (C=O) groups excluding carboxylic acids is 1. The van der Waals surface area contributed by atoms with E-state index in [4.69, 9.17) is 0 Å². The topological polar surface area (TPSA) is 57.5 Å². The molecule has 9 heteroatoms. The van der Waals surface area contributed by atoms with Crippen molar-refractivity contribution < 1.29 is 41.4 Å².